The molecule has 1 atom stereocenters. The number of nitrogens with zero attached hydrogens (tertiary/aromatic N) is 2. The van der Waals surface area contributed by atoms with Gasteiger partial charge < -0.3 is 5.32 Å². The van der Waals surface area contributed by atoms with E-state index in [1.165, 1.54) is 50.1 Å². The first-order chi connectivity index (χ1) is 7.38. The molecular formula is C11H21N3S. The molecule has 0 radical (unpaired) electrons. The molecule has 0 aliphatic carbocycles. The maximum absolute atomic E-state index is 4.11. The Morgan fingerprint density at radius 3 is 2.73 bits per heavy atom. The summed E-state index contributed by atoms with van der Waals surface area (Å²) in [5, 5.41) is 9.44. The smallest absolute Gasteiger partial charge is 0.0924 e. The average molecular weight is 227 g/mol. The lowest BCUT2D eigenvalue weighted by atomic mass is 10.0. The predicted molar refractivity (Wildman–Crippen MR) is 65.1 cm³/mol. The number of nitrogens with one attached hydrogen (secondary N) is 1. The Labute approximate surface area is 96.5 Å². The van der Waals surface area contributed by atoms with Gasteiger partial charge in [0.05, 0.1) is 11.7 Å². The molecule has 1 heterocycles. The third kappa shape index (κ3) is 4.71. The summed E-state index contributed by atoms with van der Waals surface area (Å²) in [6.07, 6.45) is 7.83. The normalized spacial score (nSPS) is 12.9. The van der Waals surface area contributed by atoms with Gasteiger partial charge >= 0.3 is 0 Å². The van der Waals surface area contributed by atoms with Crippen molar-refractivity contribution < 1.29 is 0 Å². The molecule has 0 bridgehead atoms. The molecule has 1 N–H and O–H groups in total. The van der Waals surface area contributed by atoms with Gasteiger partial charge in [0.25, 0.3) is 0 Å². The third-order valence-corrected chi connectivity index (χ3v) is 3.20. The standard InChI is InChI=1S/C11H21N3S/c1-3-4-5-6-7-8-10(12-2)11-9-15-14-13-11/h9-10,12H,3-8H2,1-2H3. The monoisotopic (exact) mass is 227 g/mol. The van der Waals surface area contributed by atoms with Gasteiger partial charge in [0.2, 0.25) is 0 Å². The predicted octanol–water partition coefficient (Wildman–Crippen LogP) is 3.16. The number of aromatic nitrogens is 2. The van der Waals surface area contributed by atoms with Crippen LogP contribution >= 0.6 is 11.5 Å². The van der Waals surface area contributed by atoms with Gasteiger partial charge in [0.15, 0.2) is 0 Å². The molecule has 0 amide bonds. The fraction of sp³-hybridized carbons (Fsp3) is 0.818. The van der Waals surface area contributed by atoms with Gasteiger partial charge in [-0.2, -0.15) is 0 Å². The van der Waals surface area contributed by atoms with Gasteiger partial charge in [0, 0.05) is 5.38 Å². The summed E-state index contributed by atoms with van der Waals surface area (Å²) < 4.78 is 3.90. The van der Waals surface area contributed by atoms with E-state index in [-0.39, 0.29) is 0 Å². The third-order valence-electron chi connectivity index (χ3n) is 2.68. The van der Waals surface area contributed by atoms with Crippen LogP contribution in [0.5, 0.6) is 0 Å². The van der Waals surface area contributed by atoms with Crippen LogP contribution in [0.2, 0.25) is 0 Å². The zero-order valence-electron chi connectivity index (χ0n) is 9.70. The summed E-state index contributed by atoms with van der Waals surface area (Å²) in [7, 11) is 2.00. The molecule has 1 unspecified atom stereocenters. The van der Waals surface area contributed by atoms with Crippen LogP contribution in [0.25, 0.3) is 0 Å². The molecule has 15 heavy (non-hydrogen) atoms. The molecule has 4 heteroatoms. The molecular weight excluding hydrogens is 206 g/mol. The second-order valence-corrected chi connectivity index (χ2v) is 4.48. The minimum atomic E-state index is 0.394. The Bertz CT molecular complexity index is 236. The quantitative estimate of drug-likeness (QED) is 0.693. The fourth-order valence-corrected chi connectivity index (χ4v) is 2.22. The lowest BCUT2D eigenvalue weighted by molar-refractivity contribution is 0.491. The van der Waals surface area contributed by atoms with E-state index in [1.54, 1.807) is 0 Å². The maximum atomic E-state index is 4.11. The van der Waals surface area contributed by atoms with Gasteiger partial charge in [-0.25, -0.2) is 0 Å². The first-order valence-electron chi connectivity index (χ1n) is 5.82. The van der Waals surface area contributed by atoms with Crippen molar-refractivity contribution >= 4 is 11.5 Å². The second-order valence-electron chi connectivity index (χ2n) is 3.87. The van der Waals surface area contributed by atoms with E-state index in [1.807, 2.05) is 12.4 Å². The number of rotatable bonds is 8. The molecule has 3 nitrogen and oxygen atoms in total. The Hall–Kier alpha value is -0.480. The van der Waals surface area contributed by atoms with Crippen molar-refractivity contribution in [2.24, 2.45) is 0 Å². The van der Waals surface area contributed by atoms with Crippen molar-refractivity contribution in [1.82, 2.24) is 14.9 Å². The van der Waals surface area contributed by atoms with E-state index >= 15 is 0 Å². The minimum absolute atomic E-state index is 0.394. The maximum Gasteiger partial charge on any atom is 0.0924 e. The molecule has 1 aromatic rings. The molecule has 0 spiro atoms. The zero-order valence-corrected chi connectivity index (χ0v) is 10.5. The summed E-state index contributed by atoms with van der Waals surface area (Å²) in [5.41, 5.74) is 1.10. The molecule has 0 fully saturated rings. The second kappa shape index (κ2) is 7.77. The van der Waals surface area contributed by atoms with E-state index in [0.717, 1.165) is 5.69 Å². The lowest BCUT2D eigenvalue weighted by Gasteiger charge is -2.12. The van der Waals surface area contributed by atoms with Crippen molar-refractivity contribution in [2.75, 3.05) is 7.05 Å². The van der Waals surface area contributed by atoms with Crippen molar-refractivity contribution in [2.45, 2.75) is 51.5 Å². The fourth-order valence-electron chi connectivity index (χ4n) is 1.72. The van der Waals surface area contributed by atoms with Gasteiger partial charge in [0.1, 0.15) is 0 Å². The summed E-state index contributed by atoms with van der Waals surface area (Å²) in [4.78, 5) is 0. The molecule has 1 aromatic heterocycles. The minimum Gasteiger partial charge on any atom is -0.312 e. The molecule has 1 rings (SSSR count). The highest BCUT2D eigenvalue weighted by atomic mass is 32.1. The highest BCUT2D eigenvalue weighted by molar-refractivity contribution is 7.03. The van der Waals surface area contributed by atoms with Crippen LogP contribution < -0.4 is 5.32 Å². The Kier molecular flexibility index (Phi) is 6.52. The Balaban J connectivity index is 2.18. The van der Waals surface area contributed by atoms with E-state index < -0.39 is 0 Å². The van der Waals surface area contributed by atoms with E-state index in [2.05, 4.69) is 21.8 Å². The highest BCUT2D eigenvalue weighted by Crippen LogP contribution is 2.18. The molecule has 0 aliphatic heterocycles. The SMILES string of the molecule is CCCCCCCC(NC)c1csnn1. The van der Waals surface area contributed by atoms with Gasteiger partial charge in [-0.3, -0.25) is 0 Å². The van der Waals surface area contributed by atoms with Crippen molar-refractivity contribution in [3.05, 3.63) is 11.1 Å². The Morgan fingerprint density at radius 1 is 1.33 bits per heavy atom. The van der Waals surface area contributed by atoms with Gasteiger partial charge in [-0.15, -0.1) is 5.10 Å². The van der Waals surface area contributed by atoms with Crippen LogP contribution in [-0.2, 0) is 0 Å². The summed E-state index contributed by atoms with van der Waals surface area (Å²) in [5.74, 6) is 0. The molecule has 0 aliphatic rings. The molecule has 86 valence electrons. The van der Waals surface area contributed by atoms with Crippen molar-refractivity contribution in [3.63, 3.8) is 0 Å². The highest BCUT2D eigenvalue weighted by Gasteiger charge is 2.10. The van der Waals surface area contributed by atoms with Crippen molar-refractivity contribution in [3.8, 4) is 0 Å². The number of unbranched alkanes of at least 4 members (excludes halogenated alkanes) is 4. The van der Waals surface area contributed by atoms with Crippen LogP contribution in [-0.4, -0.2) is 16.6 Å². The zero-order chi connectivity index (χ0) is 10.9. The first-order valence-corrected chi connectivity index (χ1v) is 6.66. The van der Waals surface area contributed by atoms with Gasteiger partial charge in [-0.05, 0) is 25.0 Å². The van der Waals surface area contributed by atoms with E-state index in [9.17, 15) is 0 Å². The first kappa shape index (κ1) is 12.6. The Morgan fingerprint density at radius 2 is 2.13 bits per heavy atom. The van der Waals surface area contributed by atoms with Crippen LogP contribution in [0.15, 0.2) is 5.38 Å². The largest absolute Gasteiger partial charge is 0.312 e. The van der Waals surface area contributed by atoms with Gasteiger partial charge in [-0.1, -0.05) is 43.5 Å². The van der Waals surface area contributed by atoms with Crippen LogP contribution in [0, 0.1) is 0 Å². The van der Waals surface area contributed by atoms with Crippen LogP contribution in [0.1, 0.15) is 57.2 Å². The topological polar surface area (TPSA) is 37.8 Å². The average Bonchev–Trinajstić information content (AvgIpc) is 2.77. The van der Waals surface area contributed by atoms with Crippen molar-refractivity contribution in [1.29, 1.82) is 0 Å². The van der Waals surface area contributed by atoms with Crippen LogP contribution in [0.3, 0.4) is 0 Å². The van der Waals surface area contributed by atoms with Crippen LogP contribution in [0.4, 0.5) is 0 Å². The van der Waals surface area contributed by atoms with E-state index in [0.29, 0.717) is 6.04 Å². The molecule has 0 saturated carbocycles. The number of hydrogen-bond donors (Lipinski definition) is 1. The summed E-state index contributed by atoms with van der Waals surface area (Å²) in [6.45, 7) is 2.25. The summed E-state index contributed by atoms with van der Waals surface area (Å²) >= 11 is 1.43. The number of hydrogen-bond acceptors (Lipinski definition) is 4. The molecule has 0 saturated heterocycles. The van der Waals surface area contributed by atoms with E-state index in [4.69, 9.17) is 0 Å². The molecule has 0 aromatic carbocycles. The lowest BCUT2D eigenvalue weighted by Crippen LogP contribution is -2.16. The summed E-state index contributed by atoms with van der Waals surface area (Å²) in [6, 6.07) is 0.394.